The first-order valence-electron chi connectivity index (χ1n) is 5.56. The predicted molar refractivity (Wildman–Crippen MR) is 67.2 cm³/mol. The van der Waals surface area contributed by atoms with Gasteiger partial charge in [0.05, 0.1) is 11.6 Å². The van der Waals surface area contributed by atoms with Crippen LogP contribution < -0.4 is 10.9 Å². The minimum atomic E-state index is -0.228. The van der Waals surface area contributed by atoms with Gasteiger partial charge in [0.2, 0.25) is 5.56 Å². The van der Waals surface area contributed by atoms with Crippen molar-refractivity contribution in [1.82, 2.24) is 15.3 Å². The summed E-state index contributed by atoms with van der Waals surface area (Å²) in [7, 11) is 0. The monoisotopic (exact) mass is 243 g/mol. The number of aromatic nitrogens is 2. The van der Waals surface area contributed by atoms with Crippen molar-refractivity contribution in [3.8, 4) is 0 Å². The van der Waals surface area contributed by atoms with Crippen molar-refractivity contribution in [2.75, 3.05) is 0 Å². The summed E-state index contributed by atoms with van der Waals surface area (Å²) in [4.78, 5) is 29.2. The molecule has 1 amide bonds. The number of carbonyl (C=O) groups excluding carboxylic acids is 1. The van der Waals surface area contributed by atoms with Gasteiger partial charge in [0, 0.05) is 24.7 Å². The fourth-order valence-electron chi connectivity index (χ4n) is 1.57. The van der Waals surface area contributed by atoms with Crippen LogP contribution in [0.1, 0.15) is 28.9 Å². The van der Waals surface area contributed by atoms with Crippen molar-refractivity contribution in [2.45, 2.75) is 13.0 Å². The van der Waals surface area contributed by atoms with E-state index in [2.05, 4.69) is 15.3 Å². The molecule has 0 bridgehead atoms. The third-order valence-electron chi connectivity index (χ3n) is 2.60. The summed E-state index contributed by atoms with van der Waals surface area (Å²) in [6.45, 7) is 1.89. The SMILES string of the molecule is C[C@H](NC(=O)c1ccc(=O)[nH]c1)c1ccncc1. The highest BCUT2D eigenvalue weighted by atomic mass is 16.2. The maximum absolute atomic E-state index is 11.9. The average molecular weight is 243 g/mol. The number of nitrogens with one attached hydrogen (secondary N) is 2. The van der Waals surface area contributed by atoms with Crippen LogP contribution in [-0.4, -0.2) is 15.9 Å². The summed E-state index contributed by atoms with van der Waals surface area (Å²) in [6, 6.07) is 6.39. The maximum atomic E-state index is 11.9. The van der Waals surface area contributed by atoms with Gasteiger partial charge in [0.25, 0.3) is 5.91 Å². The lowest BCUT2D eigenvalue weighted by Crippen LogP contribution is -2.27. The highest BCUT2D eigenvalue weighted by Crippen LogP contribution is 2.10. The molecule has 2 rings (SSSR count). The Morgan fingerprint density at radius 2 is 2.00 bits per heavy atom. The second kappa shape index (κ2) is 5.27. The summed E-state index contributed by atoms with van der Waals surface area (Å²) in [5.41, 5.74) is 1.17. The molecule has 0 aliphatic heterocycles. The molecule has 0 radical (unpaired) electrons. The molecule has 2 aromatic rings. The van der Waals surface area contributed by atoms with E-state index in [0.717, 1.165) is 5.56 Å². The molecule has 2 N–H and O–H groups in total. The summed E-state index contributed by atoms with van der Waals surface area (Å²) in [5, 5.41) is 2.84. The van der Waals surface area contributed by atoms with E-state index < -0.39 is 0 Å². The maximum Gasteiger partial charge on any atom is 0.253 e. The molecule has 2 heterocycles. The van der Waals surface area contributed by atoms with Crippen LogP contribution in [0.4, 0.5) is 0 Å². The topological polar surface area (TPSA) is 74.8 Å². The van der Waals surface area contributed by atoms with Gasteiger partial charge in [-0.1, -0.05) is 0 Å². The van der Waals surface area contributed by atoms with Crippen molar-refractivity contribution < 1.29 is 4.79 Å². The number of hydrogen-bond donors (Lipinski definition) is 2. The lowest BCUT2D eigenvalue weighted by molar-refractivity contribution is 0.0939. The van der Waals surface area contributed by atoms with Crippen molar-refractivity contribution in [3.63, 3.8) is 0 Å². The molecule has 1 atom stereocenters. The van der Waals surface area contributed by atoms with E-state index in [0.29, 0.717) is 5.56 Å². The molecule has 5 heteroatoms. The van der Waals surface area contributed by atoms with E-state index in [4.69, 9.17) is 0 Å². The standard InChI is InChI=1S/C13H13N3O2/c1-9(10-4-6-14-7-5-10)16-13(18)11-2-3-12(17)15-8-11/h2-9H,1H3,(H,15,17)(H,16,18)/t9-/m0/s1. The summed E-state index contributed by atoms with van der Waals surface area (Å²) >= 11 is 0. The number of rotatable bonds is 3. The molecular formula is C13H13N3O2. The normalized spacial score (nSPS) is 11.8. The van der Waals surface area contributed by atoms with Crippen LogP contribution in [0.25, 0.3) is 0 Å². The molecule has 0 saturated carbocycles. The number of nitrogens with zero attached hydrogens (tertiary/aromatic N) is 1. The van der Waals surface area contributed by atoms with Crippen molar-refractivity contribution in [3.05, 3.63) is 64.3 Å². The van der Waals surface area contributed by atoms with Crippen LogP contribution in [0.5, 0.6) is 0 Å². The number of aromatic amines is 1. The van der Waals surface area contributed by atoms with Gasteiger partial charge in [0.1, 0.15) is 0 Å². The van der Waals surface area contributed by atoms with E-state index in [1.54, 1.807) is 12.4 Å². The van der Waals surface area contributed by atoms with Gasteiger partial charge in [-0.3, -0.25) is 14.6 Å². The third kappa shape index (κ3) is 2.82. The van der Waals surface area contributed by atoms with Crippen molar-refractivity contribution >= 4 is 5.91 Å². The average Bonchev–Trinajstić information content (AvgIpc) is 2.40. The van der Waals surface area contributed by atoms with Gasteiger partial charge in [-0.15, -0.1) is 0 Å². The zero-order valence-electron chi connectivity index (χ0n) is 9.88. The van der Waals surface area contributed by atoms with Crippen LogP contribution in [0.2, 0.25) is 0 Å². The fourth-order valence-corrected chi connectivity index (χ4v) is 1.57. The Hall–Kier alpha value is -2.43. The molecule has 0 aliphatic rings. The van der Waals surface area contributed by atoms with Crippen LogP contribution in [0.15, 0.2) is 47.7 Å². The molecular weight excluding hydrogens is 230 g/mol. The fraction of sp³-hybridized carbons (Fsp3) is 0.154. The molecule has 2 aromatic heterocycles. The number of H-pyrrole nitrogens is 1. The Morgan fingerprint density at radius 3 is 2.61 bits per heavy atom. The first-order chi connectivity index (χ1) is 8.66. The number of hydrogen-bond acceptors (Lipinski definition) is 3. The van der Waals surface area contributed by atoms with E-state index >= 15 is 0 Å². The quantitative estimate of drug-likeness (QED) is 0.852. The predicted octanol–water partition coefficient (Wildman–Crippen LogP) is 1.26. The summed E-state index contributed by atoms with van der Waals surface area (Å²) < 4.78 is 0. The zero-order valence-corrected chi connectivity index (χ0v) is 9.88. The third-order valence-corrected chi connectivity index (χ3v) is 2.60. The van der Waals surface area contributed by atoms with Gasteiger partial charge < -0.3 is 10.3 Å². The first-order valence-corrected chi connectivity index (χ1v) is 5.56. The molecule has 0 aromatic carbocycles. The highest BCUT2D eigenvalue weighted by molar-refractivity contribution is 5.94. The van der Waals surface area contributed by atoms with Crippen molar-refractivity contribution in [2.24, 2.45) is 0 Å². The molecule has 18 heavy (non-hydrogen) atoms. The number of pyridine rings is 2. The molecule has 0 unspecified atom stereocenters. The van der Waals surface area contributed by atoms with Gasteiger partial charge in [-0.05, 0) is 30.7 Å². The Kier molecular flexibility index (Phi) is 3.52. The lowest BCUT2D eigenvalue weighted by Gasteiger charge is -2.13. The molecule has 92 valence electrons. The van der Waals surface area contributed by atoms with E-state index in [9.17, 15) is 9.59 Å². The second-order valence-corrected chi connectivity index (χ2v) is 3.92. The highest BCUT2D eigenvalue weighted by Gasteiger charge is 2.10. The first kappa shape index (κ1) is 12.0. The minimum absolute atomic E-state index is 0.118. The molecule has 0 fully saturated rings. The van der Waals surface area contributed by atoms with Gasteiger partial charge in [-0.25, -0.2) is 0 Å². The molecule has 0 saturated heterocycles. The minimum Gasteiger partial charge on any atom is -0.345 e. The van der Waals surface area contributed by atoms with Crippen LogP contribution in [0.3, 0.4) is 0 Å². The smallest absolute Gasteiger partial charge is 0.253 e. The Bertz CT molecular complexity index is 572. The van der Waals surface area contributed by atoms with Gasteiger partial charge >= 0.3 is 0 Å². The number of amides is 1. The Morgan fingerprint density at radius 1 is 1.28 bits per heavy atom. The Labute approximate surface area is 104 Å². The van der Waals surface area contributed by atoms with E-state index in [1.807, 2.05) is 19.1 Å². The number of carbonyl (C=O) groups is 1. The Balaban J connectivity index is 2.08. The summed E-state index contributed by atoms with van der Waals surface area (Å²) in [5.74, 6) is -0.226. The molecule has 0 aliphatic carbocycles. The zero-order chi connectivity index (χ0) is 13.0. The summed E-state index contributed by atoms with van der Waals surface area (Å²) in [6.07, 6.45) is 4.76. The van der Waals surface area contributed by atoms with Crippen molar-refractivity contribution in [1.29, 1.82) is 0 Å². The molecule has 5 nitrogen and oxygen atoms in total. The van der Waals surface area contributed by atoms with Gasteiger partial charge in [0.15, 0.2) is 0 Å². The van der Waals surface area contributed by atoms with Gasteiger partial charge in [-0.2, -0.15) is 0 Å². The van der Waals surface area contributed by atoms with Crippen LogP contribution in [0, 0.1) is 0 Å². The van der Waals surface area contributed by atoms with Crippen LogP contribution in [-0.2, 0) is 0 Å². The van der Waals surface area contributed by atoms with Crippen LogP contribution >= 0.6 is 0 Å². The van der Waals surface area contributed by atoms with E-state index in [1.165, 1.54) is 18.3 Å². The van der Waals surface area contributed by atoms with E-state index in [-0.39, 0.29) is 17.5 Å². The largest absolute Gasteiger partial charge is 0.345 e. The molecule has 0 spiro atoms. The second-order valence-electron chi connectivity index (χ2n) is 3.92. The lowest BCUT2D eigenvalue weighted by atomic mass is 10.1.